The second-order valence-corrected chi connectivity index (χ2v) is 7.43. The monoisotopic (exact) mass is 370 g/mol. The standard InChI is InChI=1S/C22H42O2S/c1-2-3-4-5-6-7-8-9-10-11-12-13-14-15-16-17-18-19-22(23)24-20-21-25/h14-15,25H,2-13,16-21H2,1H3/b15-14+. The van der Waals surface area contributed by atoms with E-state index in [2.05, 4.69) is 31.7 Å². The molecule has 0 amide bonds. The van der Waals surface area contributed by atoms with Crippen molar-refractivity contribution in [3.8, 4) is 0 Å². The molecule has 25 heavy (non-hydrogen) atoms. The van der Waals surface area contributed by atoms with Crippen molar-refractivity contribution < 1.29 is 9.53 Å². The maximum Gasteiger partial charge on any atom is 0.305 e. The number of esters is 1. The van der Waals surface area contributed by atoms with Gasteiger partial charge in [0.05, 0.1) is 0 Å². The van der Waals surface area contributed by atoms with Crippen LogP contribution >= 0.6 is 12.6 Å². The number of hydrogen-bond donors (Lipinski definition) is 1. The Morgan fingerprint density at radius 3 is 1.76 bits per heavy atom. The molecule has 0 radical (unpaired) electrons. The first-order valence-corrected chi connectivity index (χ1v) is 11.4. The van der Waals surface area contributed by atoms with Crippen LogP contribution in [0.15, 0.2) is 12.2 Å². The highest BCUT2D eigenvalue weighted by molar-refractivity contribution is 7.80. The van der Waals surface area contributed by atoms with E-state index in [-0.39, 0.29) is 5.97 Å². The number of thiol groups is 1. The first-order valence-electron chi connectivity index (χ1n) is 10.7. The number of allylic oxidation sites excluding steroid dienone is 2. The molecule has 0 aliphatic heterocycles. The second-order valence-electron chi connectivity index (χ2n) is 6.99. The molecule has 0 aromatic carbocycles. The van der Waals surface area contributed by atoms with Crippen molar-refractivity contribution >= 4 is 18.6 Å². The third-order valence-corrected chi connectivity index (χ3v) is 4.68. The van der Waals surface area contributed by atoms with Gasteiger partial charge in [-0.3, -0.25) is 4.79 Å². The molecule has 0 rings (SSSR count). The van der Waals surface area contributed by atoms with Crippen molar-refractivity contribution in [3.05, 3.63) is 12.2 Å². The van der Waals surface area contributed by atoms with Gasteiger partial charge in [-0.15, -0.1) is 0 Å². The summed E-state index contributed by atoms with van der Waals surface area (Å²) >= 11 is 4.02. The quantitative estimate of drug-likeness (QED) is 0.112. The van der Waals surface area contributed by atoms with E-state index in [0.717, 1.165) is 19.3 Å². The summed E-state index contributed by atoms with van der Waals surface area (Å²) in [6.45, 7) is 2.71. The number of carbonyl (C=O) groups excluding carboxylic acids is 1. The molecule has 0 fully saturated rings. The number of ether oxygens (including phenoxy) is 1. The van der Waals surface area contributed by atoms with Crippen LogP contribution in [0.25, 0.3) is 0 Å². The fourth-order valence-corrected chi connectivity index (χ4v) is 3.02. The predicted molar refractivity (Wildman–Crippen MR) is 113 cm³/mol. The molecule has 3 heteroatoms. The van der Waals surface area contributed by atoms with E-state index in [4.69, 9.17) is 4.74 Å². The zero-order valence-electron chi connectivity index (χ0n) is 16.6. The zero-order valence-corrected chi connectivity index (χ0v) is 17.5. The maximum atomic E-state index is 11.3. The van der Waals surface area contributed by atoms with Gasteiger partial charge in [0, 0.05) is 12.2 Å². The van der Waals surface area contributed by atoms with Crippen molar-refractivity contribution in [2.75, 3.05) is 12.4 Å². The Morgan fingerprint density at radius 1 is 0.760 bits per heavy atom. The molecule has 0 saturated heterocycles. The Bertz CT molecular complexity index is 302. The lowest BCUT2D eigenvalue weighted by Crippen LogP contribution is -2.06. The first kappa shape index (κ1) is 24.6. The molecule has 0 saturated carbocycles. The minimum absolute atomic E-state index is 0.0843. The van der Waals surface area contributed by atoms with Crippen molar-refractivity contribution in [1.29, 1.82) is 0 Å². The lowest BCUT2D eigenvalue weighted by molar-refractivity contribution is -0.143. The third kappa shape index (κ3) is 21.5. The van der Waals surface area contributed by atoms with Crippen LogP contribution < -0.4 is 0 Å². The minimum atomic E-state index is -0.0843. The van der Waals surface area contributed by atoms with Crippen LogP contribution in [0.1, 0.15) is 110 Å². The van der Waals surface area contributed by atoms with Crippen LogP contribution in [0.3, 0.4) is 0 Å². The van der Waals surface area contributed by atoms with Gasteiger partial charge >= 0.3 is 5.97 Å². The average Bonchev–Trinajstić information content (AvgIpc) is 2.62. The molecular weight excluding hydrogens is 328 g/mol. The topological polar surface area (TPSA) is 26.3 Å². The van der Waals surface area contributed by atoms with Crippen molar-refractivity contribution in [1.82, 2.24) is 0 Å². The van der Waals surface area contributed by atoms with Gasteiger partial charge < -0.3 is 4.74 Å². The molecule has 0 aromatic heterocycles. The highest BCUT2D eigenvalue weighted by Crippen LogP contribution is 2.12. The molecule has 148 valence electrons. The maximum absolute atomic E-state index is 11.3. The normalized spacial score (nSPS) is 11.3. The predicted octanol–water partition coefficient (Wildman–Crippen LogP) is 7.28. The second kappa shape index (κ2) is 21.6. The van der Waals surface area contributed by atoms with Crippen LogP contribution in [0.4, 0.5) is 0 Å². The van der Waals surface area contributed by atoms with Crippen molar-refractivity contribution in [2.24, 2.45) is 0 Å². The van der Waals surface area contributed by atoms with E-state index in [9.17, 15) is 4.79 Å². The molecule has 0 N–H and O–H groups in total. The third-order valence-electron chi connectivity index (χ3n) is 4.50. The summed E-state index contributed by atoms with van der Waals surface area (Å²) in [4.78, 5) is 11.3. The summed E-state index contributed by atoms with van der Waals surface area (Å²) in [5, 5.41) is 0. The minimum Gasteiger partial charge on any atom is -0.465 e. The number of carbonyl (C=O) groups is 1. The molecule has 0 aliphatic carbocycles. The lowest BCUT2D eigenvalue weighted by Gasteiger charge is -2.02. The van der Waals surface area contributed by atoms with Gasteiger partial charge in [0.1, 0.15) is 6.61 Å². The molecule has 0 aliphatic rings. The van der Waals surface area contributed by atoms with Crippen LogP contribution in [0.5, 0.6) is 0 Å². The summed E-state index contributed by atoms with van der Waals surface area (Å²) < 4.78 is 4.99. The first-order chi connectivity index (χ1) is 12.3. The largest absolute Gasteiger partial charge is 0.465 e. The van der Waals surface area contributed by atoms with Gasteiger partial charge in [-0.25, -0.2) is 0 Å². The summed E-state index contributed by atoms with van der Waals surface area (Å²) in [5.74, 6) is 0.520. The van der Waals surface area contributed by atoms with Gasteiger partial charge in [-0.2, -0.15) is 12.6 Å². The molecule has 0 heterocycles. The highest BCUT2D eigenvalue weighted by atomic mass is 32.1. The lowest BCUT2D eigenvalue weighted by atomic mass is 10.1. The van der Waals surface area contributed by atoms with E-state index < -0.39 is 0 Å². The van der Waals surface area contributed by atoms with E-state index in [1.807, 2.05) is 0 Å². The van der Waals surface area contributed by atoms with Gasteiger partial charge in [0.15, 0.2) is 0 Å². The molecular formula is C22H42O2S. The van der Waals surface area contributed by atoms with E-state index in [0.29, 0.717) is 18.8 Å². The summed E-state index contributed by atoms with van der Waals surface area (Å²) in [5.41, 5.74) is 0. The molecule has 0 bridgehead atoms. The van der Waals surface area contributed by atoms with E-state index >= 15 is 0 Å². The number of hydrogen-bond acceptors (Lipinski definition) is 3. The Balaban J connectivity index is 3.14. The summed E-state index contributed by atoms with van der Waals surface area (Å²) in [6.07, 6.45) is 24.9. The fraction of sp³-hybridized carbons (Fsp3) is 0.864. The molecule has 0 aromatic rings. The van der Waals surface area contributed by atoms with E-state index in [1.165, 1.54) is 77.0 Å². The SMILES string of the molecule is CCCCCCCCCCCCC/C=C/CCCCC(=O)OCCS. The van der Waals surface area contributed by atoms with E-state index in [1.54, 1.807) is 0 Å². The molecule has 0 atom stereocenters. The Kier molecular flexibility index (Phi) is 21.2. The van der Waals surface area contributed by atoms with Crippen LogP contribution in [-0.2, 0) is 9.53 Å². The number of rotatable bonds is 19. The number of unbranched alkanes of at least 4 members (excludes halogenated alkanes) is 13. The van der Waals surface area contributed by atoms with Gasteiger partial charge in [-0.1, -0.05) is 83.3 Å². The van der Waals surface area contributed by atoms with Crippen LogP contribution in [0, 0.1) is 0 Å². The Morgan fingerprint density at radius 2 is 1.24 bits per heavy atom. The van der Waals surface area contributed by atoms with Crippen molar-refractivity contribution in [3.63, 3.8) is 0 Å². The fourth-order valence-electron chi connectivity index (χ4n) is 2.93. The van der Waals surface area contributed by atoms with Gasteiger partial charge in [-0.05, 0) is 32.1 Å². The molecule has 2 nitrogen and oxygen atoms in total. The summed E-state index contributed by atoms with van der Waals surface area (Å²) in [7, 11) is 0. The van der Waals surface area contributed by atoms with Gasteiger partial charge in [0.2, 0.25) is 0 Å². The smallest absolute Gasteiger partial charge is 0.305 e. The Hall–Kier alpha value is -0.440. The molecule has 0 spiro atoms. The zero-order chi connectivity index (χ0) is 18.4. The molecule has 0 unspecified atom stereocenters. The van der Waals surface area contributed by atoms with Crippen molar-refractivity contribution in [2.45, 2.75) is 110 Å². The average molecular weight is 371 g/mol. The summed E-state index contributed by atoms with van der Waals surface area (Å²) in [6, 6.07) is 0. The van der Waals surface area contributed by atoms with Gasteiger partial charge in [0.25, 0.3) is 0 Å². The highest BCUT2D eigenvalue weighted by Gasteiger charge is 2.00. The van der Waals surface area contributed by atoms with Crippen LogP contribution in [-0.4, -0.2) is 18.3 Å². The van der Waals surface area contributed by atoms with Crippen LogP contribution in [0.2, 0.25) is 0 Å². The Labute approximate surface area is 162 Å².